The molecule has 0 spiro atoms. The summed E-state index contributed by atoms with van der Waals surface area (Å²) in [7, 11) is 1.92. The molecular formula is C23H32ClNO2. The lowest BCUT2D eigenvalue weighted by Crippen LogP contribution is -2.70. The molecule has 6 atom stereocenters. The molecule has 4 fully saturated rings. The van der Waals surface area contributed by atoms with Crippen LogP contribution < -0.4 is 0 Å². The maximum absolute atomic E-state index is 12.9. The third-order valence-electron chi connectivity index (χ3n) is 7.90. The van der Waals surface area contributed by atoms with Crippen molar-refractivity contribution in [2.24, 2.45) is 17.3 Å². The van der Waals surface area contributed by atoms with Gasteiger partial charge in [0.15, 0.2) is 0 Å². The Labute approximate surface area is 168 Å². The zero-order chi connectivity index (χ0) is 19.4. The summed E-state index contributed by atoms with van der Waals surface area (Å²) in [6, 6.07) is 10.2. The van der Waals surface area contributed by atoms with E-state index in [0.717, 1.165) is 37.7 Å². The molecule has 4 saturated carbocycles. The molecule has 4 aliphatic carbocycles. The molecule has 3 nitrogen and oxygen atoms in total. The summed E-state index contributed by atoms with van der Waals surface area (Å²) in [6.45, 7) is 4.27. The molecule has 1 aromatic carbocycles. The van der Waals surface area contributed by atoms with Crippen LogP contribution in [0, 0.1) is 17.3 Å². The Hall–Kier alpha value is -1.06. The molecule has 5 rings (SSSR count). The monoisotopic (exact) mass is 389 g/mol. The normalized spacial score (nSPS) is 40.8. The third kappa shape index (κ3) is 2.84. The lowest BCUT2D eigenvalue weighted by atomic mass is 9.41. The van der Waals surface area contributed by atoms with E-state index in [1.54, 1.807) is 0 Å². The molecule has 4 aliphatic rings. The Balaban J connectivity index is 1.81. The van der Waals surface area contributed by atoms with E-state index in [2.05, 4.69) is 19.1 Å². The molecule has 0 aromatic heterocycles. The van der Waals surface area contributed by atoms with Crippen molar-refractivity contribution in [1.82, 2.24) is 4.90 Å². The minimum absolute atomic E-state index is 0.131. The standard InChI is InChI=1S/C23H32ClNO2/c1-4-8-19(26)25(3)20(17-9-6-5-7-10-17)21(2)18-11-16-12-22(24,14-18)15-23(21,27)13-16/h5-7,9-10,16,18,20,27H,4,8,11-15H2,1-3H3/t16?,18?,20-,21+,22-,23-/m0/s1. The van der Waals surface area contributed by atoms with Gasteiger partial charge in [0.2, 0.25) is 5.91 Å². The minimum atomic E-state index is -0.819. The highest BCUT2D eigenvalue weighted by Gasteiger charge is 2.69. The second kappa shape index (κ2) is 6.49. The summed E-state index contributed by atoms with van der Waals surface area (Å²) in [4.78, 5) is 14.6. The second-order valence-corrected chi connectivity index (χ2v) is 10.4. The number of carbonyl (C=O) groups excluding carboxylic acids is 1. The predicted molar refractivity (Wildman–Crippen MR) is 109 cm³/mol. The molecular weight excluding hydrogens is 358 g/mol. The van der Waals surface area contributed by atoms with Crippen molar-refractivity contribution in [2.75, 3.05) is 7.05 Å². The maximum Gasteiger partial charge on any atom is 0.222 e. The summed E-state index contributed by atoms with van der Waals surface area (Å²) < 4.78 is 0. The van der Waals surface area contributed by atoms with Gasteiger partial charge in [0.1, 0.15) is 0 Å². The van der Waals surface area contributed by atoms with Crippen LogP contribution >= 0.6 is 11.6 Å². The lowest BCUT2D eigenvalue weighted by molar-refractivity contribution is -0.238. The van der Waals surface area contributed by atoms with Gasteiger partial charge in [-0.1, -0.05) is 44.2 Å². The van der Waals surface area contributed by atoms with Crippen LogP contribution in [0.2, 0.25) is 0 Å². The Morgan fingerprint density at radius 2 is 2.00 bits per heavy atom. The van der Waals surface area contributed by atoms with Gasteiger partial charge in [-0.25, -0.2) is 0 Å². The first kappa shape index (κ1) is 19.3. The number of nitrogens with zero attached hydrogens (tertiary/aromatic N) is 1. The fraction of sp³-hybridized carbons (Fsp3) is 0.696. The predicted octanol–water partition coefficient (Wildman–Crippen LogP) is 4.92. The molecule has 2 unspecified atom stereocenters. The van der Waals surface area contributed by atoms with Crippen LogP contribution in [0.25, 0.3) is 0 Å². The number of aliphatic hydroxyl groups is 1. The van der Waals surface area contributed by atoms with Crippen LogP contribution in [-0.4, -0.2) is 33.4 Å². The molecule has 1 aromatic rings. The maximum atomic E-state index is 12.9. The van der Waals surface area contributed by atoms with Gasteiger partial charge in [0.05, 0.1) is 11.6 Å². The average molecular weight is 390 g/mol. The quantitative estimate of drug-likeness (QED) is 0.725. The van der Waals surface area contributed by atoms with Crippen LogP contribution in [0.3, 0.4) is 0 Å². The van der Waals surface area contributed by atoms with Crippen LogP contribution in [-0.2, 0) is 4.79 Å². The molecule has 27 heavy (non-hydrogen) atoms. The van der Waals surface area contributed by atoms with Gasteiger partial charge in [0, 0.05) is 23.8 Å². The third-order valence-corrected chi connectivity index (χ3v) is 8.34. The van der Waals surface area contributed by atoms with E-state index in [1.165, 1.54) is 0 Å². The number of halogens is 1. The molecule has 148 valence electrons. The highest BCUT2D eigenvalue weighted by atomic mass is 35.5. The summed E-state index contributed by atoms with van der Waals surface area (Å²) in [5.41, 5.74) is -0.0847. The van der Waals surface area contributed by atoms with Crippen molar-refractivity contribution in [1.29, 1.82) is 0 Å². The Morgan fingerprint density at radius 3 is 2.59 bits per heavy atom. The van der Waals surface area contributed by atoms with Crippen molar-refractivity contribution in [3.8, 4) is 0 Å². The molecule has 1 amide bonds. The van der Waals surface area contributed by atoms with Crippen LogP contribution in [0.4, 0.5) is 0 Å². The van der Waals surface area contributed by atoms with Crippen molar-refractivity contribution in [3.05, 3.63) is 35.9 Å². The Bertz CT molecular complexity index is 724. The summed E-state index contributed by atoms with van der Waals surface area (Å²) in [5, 5.41) is 12.0. The van der Waals surface area contributed by atoms with Gasteiger partial charge in [-0.15, -0.1) is 11.6 Å². The van der Waals surface area contributed by atoms with Gasteiger partial charge >= 0.3 is 0 Å². The summed E-state index contributed by atoms with van der Waals surface area (Å²) in [5.74, 6) is 1.01. The number of amides is 1. The van der Waals surface area contributed by atoms with Crippen molar-refractivity contribution in [3.63, 3.8) is 0 Å². The van der Waals surface area contributed by atoms with Gasteiger partial charge < -0.3 is 10.0 Å². The van der Waals surface area contributed by atoms with E-state index in [1.807, 2.05) is 37.1 Å². The molecule has 4 heteroatoms. The number of hydrogen-bond donors (Lipinski definition) is 1. The van der Waals surface area contributed by atoms with E-state index >= 15 is 0 Å². The molecule has 0 radical (unpaired) electrons. The van der Waals surface area contributed by atoms with E-state index in [-0.39, 0.29) is 22.2 Å². The van der Waals surface area contributed by atoms with Gasteiger partial charge in [0.25, 0.3) is 0 Å². The van der Waals surface area contributed by atoms with Crippen LogP contribution in [0.1, 0.15) is 70.4 Å². The zero-order valence-corrected chi connectivity index (χ0v) is 17.5. The van der Waals surface area contributed by atoms with Gasteiger partial charge in [-0.3, -0.25) is 4.79 Å². The van der Waals surface area contributed by atoms with Crippen molar-refractivity contribution in [2.45, 2.75) is 75.3 Å². The number of benzene rings is 1. The fourth-order valence-corrected chi connectivity index (χ4v) is 7.48. The molecule has 1 N–H and O–H groups in total. The van der Waals surface area contributed by atoms with E-state index in [9.17, 15) is 9.90 Å². The number of hydrogen-bond acceptors (Lipinski definition) is 2. The summed E-state index contributed by atoms with van der Waals surface area (Å²) in [6.07, 6.45) is 5.93. The first-order valence-corrected chi connectivity index (χ1v) is 10.8. The van der Waals surface area contributed by atoms with Gasteiger partial charge in [-0.05, 0) is 55.9 Å². The first-order chi connectivity index (χ1) is 12.7. The van der Waals surface area contributed by atoms with Crippen molar-refractivity contribution >= 4 is 17.5 Å². The lowest BCUT2D eigenvalue weighted by Gasteiger charge is -2.69. The number of carbonyl (C=O) groups is 1. The first-order valence-electron chi connectivity index (χ1n) is 10.4. The topological polar surface area (TPSA) is 40.5 Å². The fourth-order valence-electron chi connectivity index (χ4n) is 6.85. The molecule has 0 saturated heterocycles. The van der Waals surface area contributed by atoms with E-state index in [4.69, 9.17) is 11.6 Å². The Morgan fingerprint density at radius 1 is 1.30 bits per heavy atom. The number of rotatable bonds is 5. The zero-order valence-electron chi connectivity index (χ0n) is 16.7. The largest absolute Gasteiger partial charge is 0.389 e. The van der Waals surface area contributed by atoms with Crippen LogP contribution in [0.15, 0.2) is 30.3 Å². The highest BCUT2D eigenvalue weighted by molar-refractivity contribution is 6.24. The van der Waals surface area contributed by atoms with E-state index in [0.29, 0.717) is 24.7 Å². The van der Waals surface area contributed by atoms with E-state index < -0.39 is 5.60 Å². The van der Waals surface area contributed by atoms with Gasteiger partial charge in [-0.2, -0.15) is 0 Å². The average Bonchev–Trinajstić information content (AvgIpc) is 2.59. The molecule has 0 heterocycles. The molecule has 4 bridgehead atoms. The second-order valence-electron chi connectivity index (χ2n) is 9.62. The highest BCUT2D eigenvalue weighted by Crippen LogP contribution is 2.70. The van der Waals surface area contributed by atoms with Crippen molar-refractivity contribution < 1.29 is 9.90 Å². The Kier molecular flexibility index (Phi) is 4.63. The minimum Gasteiger partial charge on any atom is -0.389 e. The molecule has 0 aliphatic heterocycles. The van der Waals surface area contributed by atoms with Crippen LogP contribution in [0.5, 0.6) is 0 Å². The SMILES string of the molecule is CCCC(=O)N(C)[C@@H](c1ccccc1)[C@@]1(C)C2CC3C[C@](Cl)(C2)C[C@@]1(O)C3. The summed E-state index contributed by atoms with van der Waals surface area (Å²) >= 11 is 6.95. The number of alkyl halides is 1. The smallest absolute Gasteiger partial charge is 0.222 e.